The van der Waals surface area contributed by atoms with Crippen LogP contribution in [0.4, 0.5) is 5.69 Å². The van der Waals surface area contributed by atoms with Crippen LogP contribution in [0.3, 0.4) is 0 Å². The molecule has 1 aliphatic carbocycles. The van der Waals surface area contributed by atoms with E-state index in [0.29, 0.717) is 23.7 Å². The second kappa shape index (κ2) is 8.82. The Balaban J connectivity index is 1.46. The van der Waals surface area contributed by atoms with E-state index >= 15 is 0 Å². The van der Waals surface area contributed by atoms with E-state index in [-0.39, 0.29) is 17.6 Å². The second-order valence-electron chi connectivity index (χ2n) is 7.27. The van der Waals surface area contributed by atoms with Crippen LogP contribution >= 0.6 is 0 Å². The predicted molar refractivity (Wildman–Crippen MR) is 119 cm³/mol. The Morgan fingerprint density at radius 1 is 1.30 bits per heavy atom. The molecule has 0 bridgehead atoms. The number of hydrogen-bond donors (Lipinski definition) is 1. The topological polar surface area (TPSA) is 95.6 Å². The molecule has 2 aliphatic heterocycles. The van der Waals surface area contributed by atoms with Crippen molar-refractivity contribution in [3.63, 3.8) is 0 Å². The van der Waals surface area contributed by atoms with Gasteiger partial charge in [-0.25, -0.2) is 15.0 Å². The molecule has 0 fully saturated rings. The van der Waals surface area contributed by atoms with Gasteiger partial charge >= 0.3 is 0 Å². The Bertz CT molecular complexity index is 1060. The number of nitrogens with one attached hydrogen (secondary N) is 1. The number of hydrogen-bond acceptors (Lipinski definition) is 5. The van der Waals surface area contributed by atoms with E-state index < -0.39 is 0 Å². The molecule has 7 nitrogen and oxygen atoms in total. The van der Waals surface area contributed by atoms with Crippen molar-refractivity contribution in [1.82, 2.24) is 0 Å². The number of ketones is 1. The van der Waals surface area contributed by atoms with Crippen LogP contribution in [0.5, 0.6) is 0 Å². The molecular formula is C23H22N5O2+. The molecule has 30 heavy (non-hydrogen) atoms. The molecule has 1 aromatic rings. The molecule has 0 saturated heterocycles. The van der Waals surface area contributed by atoms with Crippen molar-refractivity contribution in [1.29, 1.82) is 0 Å². The molecule has 2 heterocycles. The van der Waals surface area contributed by atoms with Crippen LogP contribution in [-0.2, 0) is 16.1 Å². The first kappa shape index (κ1) is 19.7. The number of carbonyl (C=O) groups is 2. The van der Waals surface area contributed by atoms with E-state index in [4.69, 9.17) is 0 Å². The summed E-state index contributed by atoms with van der Waals surface area (Å²) < 4.78 is 0. The van der Waals surface area contributed by atoms with Crippen molar-refractivity contribution in [2.24, 2.45) is 25.9 Å². The molecule has 1 aromatic carbocycles. The lowest BCUT2D eigenvalue weighted by Gasteiger charge is -2.15. The fourth-order valence-corrected chi connectivity index (χ4v) is 3.51. The number of amidine groups is 1. The van der Waals surface area contributed by atoms with E-state index in [1.54, 1.807) is 12.3 Å². The second-order valence-corrected chi connectivity index (χ2v) is 7.27. The average molecular weight is 400 g/mol. The van der Waals surface area contributed by atoms with Crippen LogP contribution in [-0.4, -0.2) is 42.3 Å². The van der Waals surface area contributed by atoms with Gasteiger partial charge in [0, 0.05) is 31.8 Å². The standard InChI is InChI=1S/C23H21N5O2/c1-15(29)19-8-3-9-20-21(19)26-14-27-22(20)25-12-16-5-2-7-18(11-16)28-23(30)17-6-4-10-24-13-17/h2-3,5,7-9,11,13-14,17H,4,6,10,12H2,1H3/p+1. The predicted octanol–water partition coefficient (Wildman–Crippen LogP) is 3.15. The van der Waals surface area contributed by atoms with E-state index in [0.717, 1.165) is 36.2 Å². The Morgan fingerprint density at radius 2 is 2.20 bits per heavy atom. The van der Waals surface area contributed by atoms with Gasteiger partial charge < -0.3 is 5.32 Å². The van der Waals surface area contributed by atoms with Gasteiger partial charge in [-0.1, -0.05) is 12.1 Å². The molecule has 1 atom stereocenters. The normalized spacial score (nSPS) is 21.2. The van der Waals surface area contributed by atoms with Gasteiger partial charge in [0.2, 0.25) is 17.5 Å². The minimum Gasteiger partial charge on any atom is -0.326 e. The average Bonchev–Trinajstić information content (AvgIpc) is 2.78. The molecule has 0 radical (unpaired) electrons. The molecule has 3 aliphatic rings. The Morgan fingerprint density at radius 3 is 3.00 bits per heavy atom. The van der Waals surface area contributed by atoms with Crippen molar-refractivity contribution >= 4 is 41.5 Å². The fourth-order valence-electron chi connectivity index (χ4n) is 3.51. The summed E-state index contributed by atoms with van der Waals surface area (Å²) >= 11 is 0. The highest BCUT2D eigenvalue weighted by molar-refractivity contribution is 6.41. The summed E-state index contributed by atoms with van der Waals surface area (Å²) in [6, 6.07) is 7.61. The van der Waals surface area contributed by atoms with Gasteiger partial charge in [-0.05, 0) is 30.5 Å². The number of anilines is 1. The highest BCUT2D eigenvalue weighted by Gasteiger charge is 2.33. The third kappa shape index (κ3) is 4.35. The number of aliphatic imine (C=N–C) groups is 4. The zero-order valence-electron chi connectivity index (χ0n) is 16.7. The zero-order chi connectivity index (χ0) is 20.9. The molecule has 1 unspecified atom stereocenters. The number of rotatable bonds is 5. The van der Waals surface area contributed by atoms with Gasteiger partial charge in [-0.15, -0.1) is 0 Å². The largest absolute Gasteiger partial charge is 0.326 e. The fraction of sp³-hybridized carbons (Fsp3) is 0.261. The molecule has 0 saturated carbocycles. The lowest BCUT2D eigenvalue weighted by Crippen LogP contribution is -2.26. The maximum Gasteiger partial charge on any atom is 0.232 e. The monoisotopic (exact) mass is 400 g/mol. The Labute approximate surface area is 175 Å². The van der Waals surface area contributed by atoms with Gasteiger partial charge in [0.1, 0.15) is 17.5 Å². The maximum atomic E-state index is 12.4. The lowest BCUT2D eigenvalue weighted by atomic mass is 9.92. The van der Waals surface area contributed by atoms with Gasteiger partial charge in [-0.2, -0.15) is 0 Å². The minimum atomic E-state index is -0.171. The summed E-state index contributed by atoms with van der Waals surface area (Å²) in [5.74, 6) is 0.286. The molecule has 0 spiro atoms. The van der Waals surface area contributed by atoms with Crippen LogP contribution in [0.15, 0.2) is 67.5 Å². The smallest absolute Gasteiger partial charge is 0.232 e. The number of carbonyl (C=O) groups excluding carboxylic acids is 2. The summed E-state index contributed by atoms with van der Waals surface area (Å²) in [6.07, 6.45) is 10.4. The Hall–Kier alpha value is -3.61. The Kier molecular flexibility index (Phi) is 5.79. The van der Waals surface area contributed by atoms with Gasteiger partial charge in [0.05, 0.1) is 24.6 Å². The zero-order valence-corrected chi connectivity index (χ0v) is 16.7. The lowest BCUT2D eigenvalue weighted by molar-refractivity contribution is -0.118. The summed E-state index contributed by atoms with van der Waals surface area (Å²) in [6.45, 7) is 2.71. The van der Waals surface area contributed by atoms with Crippen LogP contribution in [0.1, 0.15) is 25.3 Å². The van der Waals surface area contributed by atoms with Gasteiger partial charge in [0.15, 0.2) is 5.71 Å². The number of benzene rings is 1. The van der Waals surface area contributed by atoms with E-state index in [9.17, 15) is 9.59 Å². The number of nitrogens with zero attached hydrogens (tertiary/aromatic N) is 4. The molecular weight excluding hydrogens is 378 g/mol. The van der Waals surface area contributed by atoms with Crippen molar-refractivity contribution in [3.8, 4) is 0 Å². The highest BCUT2D eigenvalue weighted by atomic mass is 16.2. The minimum absolute atomic E-state index is 0.0360. The van der Waals surface area contributed by atoms with Crippen molar-refractivity contribution in [2.45, 2.75) is 26.3 Å². The number of Topliss-reactive ketones (excluding diaryl/α,β-unsaturated/α-hetero) is 1. The summed E-state index contributed by atoms with van der Waals surface area (Å²) in [5.41, 5.74) is 3.58. The van der Waals surface area contributed by atoms with Crippen molar-refractivity contribution < 1.29 is 9.59 Å². The molecule has 1 N–H and O–H groups in total. The van der Waals surface area contributed by atoms with Gasteiger partial charge in [-0.3, -0.25) is 14.6 Å². The maximum absolute atomic E-state index is 12.4. The highest BCUT2D eigenvalue weighted by Crippen LogP contribution is 2.22. The third-order valence-electron chi connectivity index (χ3n) is 5.05. The summed E-state index contributed by atoms with van der Waals surface area (Å²) in [5, 5.41) is 2.96. The molecule has 7 heteroatoms. The first-order chi connectivity index (χ1) is 14.6. The van der Waals surface area contributed by atoms with Gasteiger partial charge in [0.25, 0.3) is 0 Å². The van der Waals surface area contributed by atoms with E-state index in [1.165, 1.54) is 13.3 Å². The molecule has 150 valence electrons. The third-order valence-corrected chi connectivity index (χ3v) is 5.05. The van der Waals surface area contributed by atoms with Crippen LogP contribution < -0.4 is 5.32 Å². The molecule has 1 amide bonds. The van der Waals surface area contributed by atoms with Crippen molar-refractivity contribution in [2.75, 3.05) is 11.9 Å². The van der Waals surface area contributed by atoms with E-state index in [1.807, 2.05) is 36.8 Å². The van der Waals surface area contributed by atoms with Crippen LogP contribution in [0.25, 0.3) is 0 Å². The number of allylic oxidation sites excluding steroid dienone is 3. The molecule has 0 aromatic heterocycles. The quantitative estimate of drug-likeness (QED) is 0.769. The summed E-state index contributed by atoms with van der Waals surface area (Å²) in [7, 11) is 0. The first-order valence-electron chi connectivity index (χ1n) is 9.94. The van der Waals surface area contributed by atoms with Crippen LogP contribution in [0.2, 0.25) is 0 Å². The number of fused-ring (bicyclic) bond motifs is 1. The summed E-state index contributed by atoms with van der Waals surface area (Å²) in [4.78, 5) is 41.6. The number of amides is 1. The SMILES string of the molecule is CC(=O)C1=C[CH+]C=C2C(=NCc3cccc(NC(=O)C4C=NCCC4)c3)N=CN=C12. The van der Waals surface area contributed by atoms with E-state index in [2.05, 4.69) is 25.3 Å². The van der Waals surface area contributed by atoms with Crippen molar-refractivity contribution in [3.05, 3.63) is 59.5 Å². The molecule has 4 rings (SSSR count). The first-order valence-corrected chi connectivity index (χ1v) is 9.94. The van der Waals surface area contributed by atoms with Crippen LogP contribution in [0, 0.1) is 12.3 Å².